The standard InChI is InChI=1S/C17H16N2O2/c18-16-14-8-1-2-9-15(14)17(21)19(16)10-4-6-12-5-3-7-13(20)11-12/h1-3,5,7-9,11,18,20H,4,6,10H2. The Kier molecular flexibility index (Phi) is 3.44. The highest BCUT2D eigenvalue weighted by atomic mass is 16.3. The van der Waals surface area contributed by atoms with Crippen molar-refractivity contribution in [1.82, 2.24) is 4.90 Å². The molecule has 4 nitrogen and oxygen atoms in total. The molecule has 0 spiro atoms. The second kappa shape index (κ2) is 5.40. The molecule has 2 aromatic rings. The normalized spacial score (nSPS) is 13.6. The van der Waals surface area contributed by atoms with Crippen LogP contribution in [0.2, 0.25) is 0 Å². The Bertz CT molecular complexity index is 674. The average Bonchev–Trinajstić information content (AvgIpc) is 2.73. The summed E-state index contributed by atoms with van der Waals surface area (Å²) in [6.07, 6.45) is 1.52. The number of nitrogens with one attached hydrogen (secondary N) is 1. The summed E-state index contributed by atoms with van der Waals surface area (Å²) < 4.78 is 0. The van der Waals surface area contributed by atoms with Crippen molar-refractivity contribution in [3.05, 3.63) is 65.2 Å². The highest BCUT2D eigenvalue weighted by molar-refractivity contribution is 6.22. The van der Waals surface area contributed by atoms with E-state index in [2.05, 4.69) is 0 Å². The van der Waals surface area contributed by atoms with Crippen LogP contribution in [0.3, 0.4) is 0 Å². The zero-order valence-electron chi connectivity index (χ0n) is 11.5. The Balaban J connectivity index is 1.65. The van der Waals surface area contributed by atoms with Gasteiger partial charge in [0, 0.05) is 12.1 Å². The molecule has 3 rings (SSSR count). The van der Waals surface area contributed by atoms with Gasteiger partial charge in [-0.2, -0.15) is 0 Å². The van der Waals surface area contributed by atoms with Crippen molar-refractivity contribution in [2.24, 2.45) is 0 Å². The largest absolute Gasteiger partial charge is 0.508 e. The summed E-state index contributed by atoms with van der Waals surface area (Å²) in [7, 11) is 0. The topological polar surface area (TPSA) is 64.4 Å². The first-order valence-electron chi connectivity index (χ1n) is 6.94. The van der Waals surface area contributed by atoms with Crippen molar-refractivity contribution in [3.63, 3.8) is 0 Å². The van der Waals surface area contributed by atoms with E-state index in [0.29, 0.717) is 17.7 Å². The molecule has 0 atom stereocenters. The molecule has 1 amide bonds. The second-order valence-corrected chi connectivity index (χ2v) is 5.12. The highest BCUT2D eigenvalue weighted by Gasteiger charge is 2.31. The predicted octanol–water partition coefficient (Wildman–Crippen LogP) is 2.81. The van der Waals surface area contributed by atoms with E-state index in [-0.39, 0.29) is 17.5 Å². The maximum atomic E-state index is 12.2. The maximum Gasteiger partial charge on any atom is 0.260 e. The molecule has 0 aromatic heterocycles. The number of amides is 1. The van der Waals surface area contributed by atoms with Gasteiger partial charge in [0.2, 0.25) is 0 Å². The van der Waals surface area contributed by atoms with Gasteiger partial charge in [-0.05, 0) is 36.6 Å². The van der Waals surface area contributed by atoms with Crippen LogP contribution in [0.5, 0.6) is 5.75 Å². The van der Waals surface area contributed by atoms with E-state index < -0.39 is 0 Å². The predicted molar refractivity (Wildman–Crippen MR) is 80.7 cm³/mol. The fourth-order valence-corrected chi connectivity index (χ4v) is 2.64. The van der Waals surface area contributed by atoms with Crippen LogP contribution in [0, 0.1) is 5.41 Å². The number of carbonyl (C=O) groups excluding carboxylic acids is 1. The minimum Gasteiger partial charge on any atom is -0.508 e. The summed E-state index contributed by atoms with van der Waals surface area (Å²) in [5, 5.41) is 17.5. The summed E-state index contributed by atoms with van der Waals surface area (Å²) in [5.41, 5.74) is 2.35. The van der Waals surface area contributed by atoms with E-state index in [1.807, 2.05) is 30.3 Å². The monoisotopic (exact) mass is 280 g/mol. The van der Waals surface area contributed by atoms with Crippen molar-refractivity contribution in [1.29, 1.82) is 5.41 Å². The lowest BCUT2D eigenvalue weighted by Gasteiger charge is -2.15. The number of fused-ring (bicyclic) bond motifs is 1. The van der Waals surface area contributed by atoms with E-state index in [1.54, 1.807) is 18.2 Å². The van der Waals surface area contributed by atoms with E-state index in [9.17, 15) is 9.90 Å². The van der Waals surface area contributed by atoms with Crippen LogP contribution < -0.4 is 0 Å². The number of hydrogen-bond acceptors (Lipinski definition) is 3. The van der Waals surface area contributed by atoms with E-state index >= 15 is 0 Å². The summed E-state index contributed by atoms with van der Waals surface area (Å²) in [5.74, 6) is 0.447. The lowest BCUT2D eigenvalue weighted by molar-refractivity contribution is 0.0858. The van der Waals surface area contributed by atoms with E-state index in [1.165, 1.54) is 4.90 Å². The van der Waals surface area contributed by atoms with Crippen LogP contribution in [0.25, 0.3) is 0 Å². The van der Waals surface area contributed by atoms with Crippen molar-refractivity contribution in [3.8, 4) is 5.75 Å². The molecule has 1 aliphatic rings. The lowest BCUT2D eigenvalue weighted by atomic mass is 10.1. The average molecular weight is 280 g/mol. The molecule has 4 heteroatoms. The fraction of sp³-hybridized carbons (Fsp3) is 0.176. The third-order valence-corrected chi connectivity index (χ3v) is 3.69. The van der Waals surface area contributed by atoms with Gasteiger partial charge < -0.3 is 5.11 Å². The van der Waals surface area contributed by atoms with Gasteiger partial charge in [-0.1, -0.05) is 30.3 Å². The number of rotatable bonds is 4. The highest BCUT2D eigenvalue weighted by Crippen LogP contribution is 2.22. The number of aryl methyl sites for hydroxylation is 1. The Morgan fingerprint density at radius 3 is 2.52 bits per heavy atom. The molecule has 0 bridgehead atoms. The molecular weight excluding hydrogens is 264 g/mol. The minimum atomic E-state index is -0.0912. The number of phenolic OH excluding ortho intramolecular Hbond substituents is 1. The first kappa shape index (κ1) is 13.4. The first-order valence-corrected chi connectivity index (χ1v) is 6.94. The van der Waals surface area contributed by atoms with Crippen molar-refractivity contribution >= 4 is 11.7 Å². The first-order chi connectivity index (χ1) is 10.2. The van der Waals surface area contributed by atoms with Crippen LogP contribution in [0.1, 0.15) is 27.9 Å². The van der Waals surface area contributed by atoms with Gasteiger partial charge in [0.15, 0.2) is 0 Å². The van der Waals surface area contributed by atoms with Gasteiger partial charge >= 0.3 is 0 Å². The van der Waals surface area contributed by atoms with Crippen molar-refractivity contribution in [2.75, 3.05) is 6.54 Å². The van der Waals surface area contributed by atoms with Gasteiger partial charge in [-0.25, -0.2) is 0 Å². The molecule has 2 N–H and O–H groups in total. The molecule has 106 valence electrons. The summed E-state index contributed by atoms with van der Waals surface area (Å²) in [4.78, 5) is 13.8. The SMILES string of the molecule is N=C1c2ccccc2C(=O)N1CCCc1cccc(O)c1. The third-order valence-electron chi connectivity index (χ3n) is 3.69. The molecule has 0 saturated heterocycles. The minimum absolute atomic E-state index is 0.0912. The zero-order valence-corrected chi connectivity index (χ0v) is 11.5. The number of amidine groups is 1. The molecule has 21 heavy (non-hydrogen) atoms. The van der Waals surface area contributed by atoms with Gasteiger partial charge in [0.05, 0.1) is 5.56 Å². The molecule has 0 fully saturated rings. The molecule has 0 radical (unpaired) electrons. The molecule has 2 aromatic carbocycles. The number of phenols is 1. The van der Waals surface area contributed by atoms with Gasteiger partial charge in [0.1, 0.15) is 11.6 Å². The zero-order chi connectivity index (χ0) is 14.8. The molecule has 0 aliphatic carbocycles. The van der Waals surface area contributed by atoms with Crippen molar-refractivity contribution < 1.29 is 9.90 Å². The summed E-state index contributed by atoms with van der Waals surface area (Å²) in [6, 6.07) is 14.4. The van der Waals surface area contributed by atoms with Crippen LogP contribution in [0.4, 0.5) is 0 Å². The molecular formula is C17H16N2O2. The summed E-state index contributed by atoms with van der Waals surface area (Å²) >= 11 is 0. The smallest absolute Gasteiger partial charge is 0.260 e. The van der Waals surface area contributed by atoms with Gasteiger partial charge in [-0.3, -0.25) is 15.1 Å². The number of hydrogen-bond donors (Lipinski definition) is 2. The molecule has 1 heterocycles. The Labute approximate surface area is 123 Å². The molecule has 0 unspecified atom stereocenters. The van der Waals surface area contributed by atoms with Gasteiger partial charge in [-0.15, -0.1) is 0 Å². The second-order valence-electron chi connectivity index (χ2n) is 5.12. The number of carbonyl (C=O) groups is 1. The maximum absolute atomic E-state index is 12.2. The quantitative estimate of drug-likeness (QED) is 0.904. The van der Waals surface area contributed by atoms with Crippen LogP contribution in [0.15, 0.2) is 48.5 Å². The fourth-order valence-electron chi connectivity index (χ4n) is 2.64. The van der Waals surface area contributed by atoms with Crippen LogP contribution >= 0.6 is 0 Å². The van der Waals surface area contributed by atoms with Crippen LogP contribution in [-0.2, 0) is 6.42 Å². The number of nitrogens with zero attached hydrogens (tertiary/aromatic N) is 1. The van der Waals surface area contributed by atoms with Crippen molar-refractivity contribution in [2.45, 2.75) is 12.8 Å². The number of benzene rings is 2. The van der Waals surface area contributed by atoms with Gasteiger partial charge in [0.25, 0.3) is 5.91 Å². The molecule has 0 saturated carbocycles. The Hall–Kier alpha value is -2.62. The van der Waals surface area contributed by atoms with E-state index in [0.717, 1.165) is 18.4 Å². The Morgan fingerprint density at radius 2 is 1.81 bits per heavy atom. The molecule has 1 aliphatic heterocycles. The third kappa shape index (κ3) is 2.52. The Morgan fingerprint density at radius 1 is 1.05 bits per heavy atom. The lowest BCUT2D eigenvalue weighted by Crippen LogP contribution is -2.31. The summed E-state index contributed by atoms with van der Waals surface area (Å²) in [6.45, 7) is 0.516. The van der Waals surface area contributed by atoms with E-state index in [4.69, 9.17) is 5.41 Å². The number of aromatic hydroxyl groups is 1. The van der Waals surface area contributed by atoms with Crippen LogP contribution in [-0.4, -0.2) is 28.3 Å².